The summed E-state index contributed by atoms with van der Waals surface area (Å²) in [6.45, 7) is 0.708. The Morgan fingerprint density at radius 3 is 2.85 bits per heavy atom. The number of benzene rings is 1. The third kappa shape index (κ3) is 4.18. The standard InChI is InChI=1S/C16H24FNO2/c1-18-10-13-7-4-8-15(17)16(13)20-11-14(19)9-12-5-2-3-6-12/h4,7-8,12,14,18-19H,2-3,5-6,9-11H2,1H3. The number of halogens is 1. The first-order chi connectivity index (χ1) is 9.70. The van der Waals surface area contributed by atoms with E-state index < -0.39 is 6.10 Å². The highest BCUT2D eigenvalue weighted by Crippen LogP contribution is 2.29. The van der Waals surface area contributed by atoms with Crippen molar-refractivity contribution in [3.8, 4) is 5.75 Å². The molecule has 20 heavy (non-hydrogen) atoms. The van der Waals surface area contributed by atoms with E-state index >= 15 is 0 Å². The van der Waals surface area contributed by atoms with E-state index in [1.54, 1.807) is 6.07 Å². The molecule has 0 radical (unpaired) electrons. The van der Waals surface area contributed by atoms with Crippen LogP contribution in [0.2, 0.25) is 0 Å². The summed E-state index contributed by atoms with van der Waals surface area (Å²) in [6, 6.07) is 4.89. The molecule has 0 saturated heterocycles. The van der Waals surface area contributed by atoms with Crippen molar-refractivity contribution < 1.29 is 14.2 Å². The van der Waals surface area contributed by atoms with Gasteiger partial charge in [0.2, 0.25) is 0 Å². The molecular weight excluding hydrogens is 257 g/mol. The van der Waals surface area contributed by atoms with E-state index in [1.807, 2.05) is 13.1 Å². The number of hydrogen-bond acceptors (Lipinski definition) is 3. The van der Waals surface area contributed by atoms with Gasteiger partial charge in [-0.2, -0.15) is 0 Å². The van der Waals surface area contributed by atoms with Crippen LogP contribution in [0.25, 0.3) is 0 Å². The molecule has 0 aliphatic heterocycles. The van der Waals surface area contributed by atoms with Crippen LogP contribution < -0.4 is 10.1 Å². The van der Waals surface area contributed by atoms with Gasteiger partial charge in [0.1, 0.15) is 6.61 Å². The molecule has 0 aromatic heterocycles. The van der Waals surface area contributed by atoms with Gasteiger partial charge in [0, 0.05) is 12.1 Å². The predicted molar refractivity (Wildman–Crippen MR) is 77.2 cm³/mol. The fourth-order valence-electron chi connectivity index (χ4n) is 2.92. The van der Waals surface area contributed by atoms with Crippen molar-refractivity contribution in [3.63, 3.8) is 0 Å². The van der Waals surface area contributed by atoms with E-state index in [2.05, 4.69) is 5.32 Å². The van der Waals surface area contributed by atoms with E-state index in [0.29, 0.717) is 12.5 Å². The smallest absolute Gasteiger partial charge is 0.165 e. The van der Waals surface area contributed by atoms with E-state index in [1.165, 1.54) is 31.7 Å². The molecule has 112 valence electrons. The van der Waals surface area contributed by atoms with Crippen LogP contribution in [0, 0.1) is 11.7 Å². The van der Waals surface area contributed by atoms with Crippen molar-refractivity contribution in [2.24, 2.45) is 5.92 Å². The summed E-state index contributed by atoms with van der Waals surface area (Å²) in [5.41, 5.74) is 0.778. The van der Waals surface area contributed by atoms with Gasteiger partial charge in [-0.25, -0.2) is 4.39 Å². The Bertz CT molecular complexity index is 419. The average molecular weight is 281 g/mol. The Balaban J connectivity index is 1.89. The second kappa shape index (κ2) is 7.60. The summed E-state index contributed by atoms with van der Waals surface area (Å²) in [5, 5.41) is 13.0. The van der Waals surface area contributed by atoms with Crippen LogP contribution in [0.1, 0.15) is 37.7 Å². The first-order valence-corrected chi connectivity index (χ1v) is 7.43. The third-order valence-electron chi connectivity index (χ3n) is 3.92. The van der Waals surface area contributed by atoms with Crippen LogP contribution in [0.15, 0.2) is 18.2 Å². The Morgan fingerprint density at radius 1 is 1.40 bits per heavy atom. The van der Waals surface area contributed by atoms with E-state index in [4.69, 9.17) is 4.74 Å². The Morgan fingerprint density at radius 2 is 2.15 bits per heavy atom. The number of hydrogen-bond donors (Lipinski definition) is 2. The summed E-state index contributed by atoms with van der Waals surface area (Å²) < 4.78 is 19.3. The lowest BCUT2D eigenvalue weighted by Gasteiger charge is -2.18. The molecule has 2 N–H and O–H groups in total. The first-order valence-electron chi connectivity index (χ1n) is 7.43. The van der Waals surface area contributed by atoms with Crippen LogP contribution in [-0.4, -0.2) is 24.9 Å². The van der Waals surface area contributed by atoms with Crippen LogP contribution in [0.3, 0.4) is 0 Å². The van der Waals surface area contributed by atoms with Gasteiger partial charge in [0.15, 0.2) is 11.6 Å². The lowest BCUT2D eigenvalue weighted by molar-refractivity contribution is 0.0832. The molecule has 1 aliphatic rings. The highest BCUT2D eigenvalue weighted by molar-refractivity contribution is 5.34. The number of nitrogens with one attached hydrogen (secondary N) is 1. The van der Waals surface area contributed by atoms with Gasteiger partial charge < -0.3 is 15.2 Å². The topological polar surface area (TPSA) is 41.5 Å². The zero-order chi connectivity index (χ0) is 14.4. The van der Waals surface area contributed by atoms with Crippen LogP contribution in [-0.2, 0) is 6.54 Å². The number of para-hydroxylation sites is 1. The second-order valence-corrected chi connectivity index (χ2v) is 5.61. The average Bonchev–Trinajstić information content (AvgIpc) is 2.91. The molecule has 0 heterocycles. The van der Waals surface area contributed by atoms with E-state index in [9.17, 15) is 9.50 Å². The molecule has 0 spiro atoms. The zero-order valence-corrected chi connectivity index (χ0v) is 12.1. The molecule has 3 nitrogen and oxygen atoms in total. The molecule has 1 aromatic rings. The van der Waals surface area contributed by atoms with Crippen molar-refractivity contribution in [2.45, 2.75) is 44.8 Å². The van der Waals surface area contributed by atoms with Crippen molar-refractivity contribution in [1.29, 1.82) is 0 Å². The molecule has 1 fully saturated rings. The van der Waals surface area contributed by atoms with Crippen molar-refractivity contribution in [2.75, 3.05) is 13.7 Å². The molecule has 1 aromatic carbocycles. The van der Waals surface area contributed by atoms with Crippen LogP contribution in [0.4, 0.5) is 4.39 Å². The summed E-state index contributed by atoms with van der Waals surface area (Å²) in [4.78, 5) is 0. The highest BCUT2D eigenvalue weighted by atomic mass is 19.1. The summed E-state index contributed by atoms with van der Waals surface area (Å²) in [6.07, 6.45) is 5.16. The fourth-order valence-corrected chi connectivity index (χ4v) is 2.92. The monoisotopic (exact) mass is 281 g/mol. The zero-order valence-electron chi connectivity index (χ0n) is 12.1. The number of aliphatic hydroxyl groups excluding tert-OH is 1. The van der Waals surface area contributed by atoms with Crippen molar-refractivity contribution in [3.05, 3.63) is 29.6 Å². The minimum Gasteiger partial charge on any atom is -0.487 e. The van der Waals surface area contributed by atoms with Crippen LogP contribution >= 0.6 is 0 Å². The summed E-state index contributed by atoms with van der Waals surface area (Å²) >= 11 is 0. The van der Waals surface area contributed by atoms with Gasteiger partial charge in [0.05, 0.1) is 6.10 Å². The molecular formula is C16H24FNO2. The van der Waals surface area contributed by atoms with Gasteiger partial charge in [-0.15, -0.1) is 0 Å². The Kier molecular flexibility index (Phi) is 5.80. The van der Waals surface area contributed by atoms with Gasteiger partial charge in [0.25, 0.3) is 0 Å². The molecule has 1 saturated carbocycles. The van der Waals surface area contributed by atoms with Gasteiger partial charge in [-0.05, 0) is 25.5 Å². The Hall–Kier alpha value is -1.13. The van der Waals surface area contributed by atoms with Gasteiger partial charge in [-0.1, -0.05) is 37.8 Å². The Labute approximate surface area is 120 Å². The maximum Gasteiger partial charge on any atom is 0.165 e. The minimum absolute atomic E-state index is 0.161. The molecule has 1 atom stereocenters. The highest BCUT2D eigenvalue weighted by Gasteiger charge is 2.20. The first kappa shape index (κ1) is 15.3. The van der Waals surface area contributed by atoms with E-state index in [0.717, 1.165) is 12.0 Å². The quantitative estimate of drug-likeness (QED) is 0.807. The lowest BCUT2D eigenvalue weighted by Crippen LogP contribution is -2.21. The molecule has 4 heteroatoms. The fraction of sp³-hybridized carbons (Fsp3) is 0.625. The molecule has 1 aliphatic carbocycles. The summed E-state index contributed by atoms with van der Waals surface area (Å²) in [7, 11) is 1.81. The number of ether oxygens (including phenoxy) is 1. The maximum absolute atomic E-state index is 13.8. The second-order valence-electron chi connectivity index (χ2n) is 5.61. The van der Waals surface area contributed by atoms with E-state index in [-0.39, 0.29) is 18.2 Å². The number of aliphatic hydroxyl groups is 1. The maximum atomic E-state index is 13.8. The molecule has 2 rings (SSSR count). The predicted octanol–water partition coefficient (Wildman–Crippen LogP) is 2.87. The van der Waals surface area contributed by atoms with Gasteiger partial charge >= 0.3 is 0 Å². The van der Waals surface area contributed by atoms with Crippen molar-refractivity contribution >= 4 is 0 Å². The SMILES string of the molecule is CNCc1cccc(F)c1OCC(O)CC1CCCC1. The van der Waals surface area contributed by atoms with Crippen LogP contribution in [0.5, 0.6) is 5.75 Å². The normalized spacial score (nSPS) is 17.4. The lowest BCUT2D eigenvalue weighted by atomic mass is 10.0. The third-order valence-corrected chi connectivity index (χ3v) is 3.92. The summed E-state index contributed by atoms with van der Waals surface area (Å²) in [5.74, 6) is 0.490. The van der Waals surface area contributed by atoms with Crippen molar-refractivity contribution in [1.82, 2.24) is 5.32 Å². The largest absolute Gasteiger partial charge is 0.487 e. The van der Waals surface area contributed by atoms with Gasteiger partial charge in [-0.3, -0.25) is 0 Å². The number of rotatable bonds is 7. The molecule has 0 amide bonds. The molecule has 0 bridgehead atoms. The molecule has 1 unspecified atom stereocenters. The minimum atomic E-state index is -0.514.